The zero-order chi connectivity index (χ0) is 12.7. The third kappa shape index (κ3) is 1.58. The fourth-order valence-electron chi connectivity index (χ4n) is 1.58. The van der Waals surface area contributed by atoms with Crippen molar-refractivity contribution in [2.24, 2.45) is 0 Å². The van der Waals surface area contributed by atoms with E-state index in [-0.39, 0.29) is 11.5 Å². The predicted molar refractivity (Wildman–Crippen MR) is 60.2 cm³/mol. The molecule has 0 aliphatic carbocycles. The molecule has 7 heteroatoms. The summed E-state index contributed by atoms with van der Waals surface area (Å²) in [6.45, 7) is 0. The summed E-state index contributed by atoms with van der Waals surface area (Å²) in [6, 6.07) is 6.14. The first-order chi connectivity index (χ1) is 8.63. The highest BCUT2D eigenvalue weighted by Crippen LogP contribution is 2.22. The summed E-state index contributed by atoms with van der Waals surface area (Å²) < 4.78 is 10.8. The molecule has 0 saturated carbocycles. The predicted octanol–water partition coefficient (Wildman–Crippen LogP) is 0.662. The number of hydrogen-bond donors (Lipinski definition) is 1. The molecule has 0 spiro atoms. The minimum atomic E-state index is -0.752. The van der Waals surface area contributed by atoms with E-state index in [1.807, 2.05) is 0 Å². The first-order valence-electron chi connectivity index (χ1n) is 4.97. The van der Waals surface area contributed by atoms with Crippen LogP contribution in [0.15, 0.2) is 48.9 Å². The highest BCUT2D eigenvalue weighted by molar-refractivity contribution is 5.91. The molecule has 90 valence electrons. The zero-order valence-corrected chi connectivity index (χ0v) is 8.86. The Labute approximate surface area is 98.1 Å². The van der Waals surface area contributed by atoms with Crippen molar-refractivity contribution in [3.8, 4) is 5.75 Å². The minimum Gasteiger partial charge on any atom is -0.508 e. The van der Waals surface area contributed by atoms with Crippen molar-refractivity contribution in [2.75, 3.05) is 0 Å². The Hall–Kier alpha value is -2.83. The molecule has 2 aromatic heterocycles. The van der Waals surface area contributed by atoms with Crippen molar-refractivity contribution in [3.05, 3.63) is 51.2 Å². The second kappa shape index (κ2) is 3.59. The Morgan fingerprint density at radius 2 is 1.89 bits per heavy atom. The molecule has 0 atom stereocenters. The van der Waals surface area contributed by atoms with E-state index in [1.165, 1.54) is 18.2 Å². The summed E-state index contributed by atoms with van der Waals surface area (Å²) in [5.74, 6) is -0.0155. The van der Waals surface area contributed by atoms with Gasteiger partial charge in [0.15, 0.2) is 0 Å². The van der Waals surface area contributed by atoms with Gasteiger partial charge in [-0.2, -0.15) is 0 Å². The Morgan fingerprint density at radius 3 is 2.72 bits per heavy atom. The van der Waals surface area contributed by atoms with Gasteiger partial charge in [-0.25, -0.2) is 9.59 Å². The maximum atomic E-state index is 11.3. The number of benzene rings is 1. The first-order valence-corrected chi connectivity index (χ1v) is 4.97. The Bertz CT molecular complexity index is 887. The summed E-state index contributed by atoms with van der Waals surface area (Å²) in [5, 5.41) is 13.6. The van der Waals surface area contributed by atoms with Gasteiger partial charge in [-0.1, -0.05) is 9.79 Å². The van der Waals surface area contributed by atoms with Crippen LogP contribution in [0.2, 0.25) is 0 Å². The number of phenolic OH excluding ortho intramolecular Hbond substituents is 1. The van der Waals surface area contributed by atoms with E-state index in [0.29, 0.717) is 10.9 Å². The smallest absolute Gasteiger partial charge is 0.358 e. The van der Waals surface area contributed by atoms with Gasteiger partial charge in [-0.3, -0.25) is 0 Å². The average Bonchev–Trinajstić information content (AvgIpc) is 2.67. The first kappa shape index (κ1) is 10.3. The lowest BCUT2D eigenvalue weighted by Gasteiger charge is -1.90. The summed E-state index contributed by atoms with van der Waals surface area (Å²) in [5.41, 5.74) is -1.13. The molecule has 3 aromatic rings. The molecule has 3 rings (SSSR count). The molecule has 0 aliphatic heterocycles. The molecular weight excluding hydrogens is 240 g/mol. The Kier molecular flexibility index (Phi) is 2.06. The van der Waals surface area contributed by atoms with Crippen molar-refractivity contribution in [2.45, 2.75) is 0 Å². The van der Waals surface area contributed by atoms with E-state index in [4.69, 9.17) is 8.94 Å². The number of nitrogens with zero attached hydrogens (tertiary/aromatic N) is 2. The molecule has 2 heterocycles. The third-order valence-corrected chi connectivity index (χ3v) is 2.33. The zero-order valence-electron chi connectivity index (χ0n) is 8.86. The molecule has 1 aromatic carbocycles. The standard InChI is InChI=1S/C11H6N2O5/c14-6-1-2-8-7(5-6)11-12-13(8)18-10(16)4-3-9(15)17-11/h1-5,14H. The molecule has 0 fully saturated rings. The fraction of sp³-hybridized carbons (Fsp3) is 0. The monoisotopic (exact) mass is 246 g/mol. The van der Waals surface area contributed by atoms with Gasteiger partial charge in [0.2, 0.25) is 0 Å². The molecule has 1 N–H and O–H groups in total. The van der Waals surface area contributed by atoms with Crippen LogP contribution in [0.25, 0.3) is 16.6 Å². The third-order valence-electron chi connectivity index (χ3n) is 2.33. The fourth-order valence-corrected chi connectivity index (χ4v) is 1.58. The second-order valence-corrected chi connectivity index (χ2v) is 3.54. The molecule has 0 radical (unpaired) electrons. The molecule has 0 unspecified atom stereocenters. The topological polar surface area (TPSA) is 98.0 Å². The number of rotatable bonds is 0. The lowest BCUT2D eigenvalue weighted by Crippen LogP contribution is -1.99. The van der Waals surface area contributed by atoms with Gasteiger partial charge in [-0.15, -0.1) is 0 Å². The summed E-state index contributed by atoms with van der Waals surface area (Å²) in [4.78, 5) is 22.7. The number of aromatic nitrogens is 2. The van der Waals surface area contributed by atoms with Gasteiger partial charge < -0.3 is 14.0 Å². The molecule has 18 heavy (non-hydrogen) atoms. The molecular formula is C11H6N2O5. The van der Waals surface area contributed by atoms with Crippen molar-refractivity contribution in [1.82, 2.24) is 9.79 Å². The van der Waals surface area contributed by atoms with Crippen molar-refractivity contribution in [1.29, 1.82) is 0 Å². The lowest BCUT2D eigenvalue weighted by molar-refractivity contribution is 0.303. The largest absolute Gasteiger partial charge is 0.508 e. The van der Waals surface area contributed by atoms with Gasteiger partial charge >= 0.3 is 11.3 Å². The van der Waals surface area contributed by atoms with Crippen LogP contribution < -0.4 is 11.3 Å². The maximum Gasteiger partial charge on any atom is 0.358 e. The van der Waals surface area contributed by atoms with E-state index in [9.17, 15) is 14.7 Å². The van der Waals surface area contributed by atoms with Gasteiger partial charge in [0.25, 0.3) is 5.71 Å². The van der Waals surface area contributed by atoms with Crippen LogP contribution in [0.3, 0.4) is 0 Å². The van der Waals surface area contributed by atoms with E-state index in [1.54, 1.807) is 0 Å². The highest BCUT2D eigenvalue weighted by atomic mass is 16.5. The number of phenols is 1. The molecule has 2 bridgehead atoms. The SMILES string of the molecule is O=c1ccc(=O)on2nc(o1)c1cc(O)ccc12. The molecule has 0 amide bonds. The van der Waals surface area contributed by atoms with Crippen LogP contribution >= 0.6 is 0 Å². The van der Waals surface area contributed by atoms with E-state index >= 15 is 0 Å². The average molecular weight is 246 g/mol. The Balaban J connectivity index is 2.67. The van der Waals surface area contributed by atoms with Crippen molar-refractivity contribution >= 4 is 16.6 Å². The van der Waals surface area contributed by atoms with Crippen LogP contribution in [-0.2, 0) is 0 Å². The second-order valence-electron chi connectivity index (χ2n) is 3.54. The maximum absolute atomic E-state index is 11.3. The number of hydrogen-bond acceptors (Lipinski definition) is 6. The van der Waals surface area contributed by atoms with Crippen LogP contribution in [0.4, 0.5) is 0 Å². The summed E-state index contributed by atoms with van der Waals surface area (Å²) in [6.07, 6.45) is 0. The van der Waals surface area contributed by atoms with Crippen LogP contribution in [-0.4, -0.2) is 14.9 Å². The quantitative estimate of drug-likeness (QED) is 0.625. The van der Waals surface area contributed by atoms with Gasteiger partial charge in [0, 0.05) is 12.1 Å². The van der Waals surface area contributed by atoms with Crippen LogP contribution in [0.5, 0.6) is 5.75 Å². The van der Waals surface area contributed by atoms with Crippen molar-refractivity contribution < 1.29 is 14.0 Å². The van der Waals surface area contributed by atoms with Gasteiger partial charge in [0.1, 0.15) is 11.3 Å². The van der Waals surface area contributed by atoms with Crippen molar-refractivity contribution in [3.63, 3.8) is 0 Å². The summed E-state index contributed by atoms with van der Waals surface area (Å²) in [7, 11) is 0. The van der Waals surface area contributed by atoms with E-state index < -0.39 is 11.3 Å². The van der Waals surface area contributed by atoms with E-state index in [0.717, 1.165) is 16.8 Å². The molecule has 0 aliphatic rings. The Morgan fingerprint density at radius 1 is 1.11 bits per heavy atom. The molecule has 7 nitrogen and oxygen atoms in total. The number of aromatic hydroxyl groups is 1. The minimum absolute atomic E-state index is 0.0155. The van der Waals surface area contributed by atoms with E-state index in [2.05, 4.69) is 5.10 Å². The molecule has 0 saturated heterocycles. The lowest BCUT2D eigenvalue weighted by atomic mass is 10.2. The van der Waals surface area contributed by atoms with Crippen LogP contribution in [0, 0.1) is 0 Å². The van der Waals surface area contributed by atoms with Gasteiger partial charge in [-0.05, 0) is 18.2 Å². The normalized spacial score (nSPS) is 10.9. The number of fused-ring (bicyclic) bond motifs is 5. The highest BCUT2D eigenvalue weighted by Gasteiger charge is 2.08. The van der Waals surface area contributed by atoms with Crippen LogP contribution in [0.1, 0.15) is 0 Å². The summed E-state index contributed by atoms with van der Waals surface area (Å²) >= 11 is 0. The van der Waals surface area contributed by atoms with Gasteiger partial charge in [0.05, 0.1) is 5.39 Å².